The van der Waals surface area contributed by atoms with E-state index >= 15 is 0 Å². The first-order valence-electron chi connectivity index (χ1n) is 11.5. The molecular weight excluding hydrogens is 452 g/mol. The summed E-state index contributed by atoms with van der Waals surface area (Å²) in [5.41, 5.74) is 4.36. The number of fused-ring (bicyclic) bond motifs is 5. The van der Waals surface area contributed by atoms with E-state index in [1.54, 1.807) is 46.6 Å². The molecule has 1 aliphatic heterocycles. The van der Waals surface area contributed by atoms with Gasteiger partial charge in [0, 0.05) is 16.6 Å². The highest BCUT2D eigenvalue weighted by Crippen LogP contribution is 2.44. The average Bonchev–Trinajstić information content (AvgIpc) is 3.43. The van der Waals surface area contributed by atoms with Gasteiger partial charge in [-0.2, -0.15) is 0 Å². The lowest BCUT2D eigenvalue weighted by molar-refractivity contribution is 0.194. The van der Waals surface area contributed by atoms with Crippen LogP contribution in [0.1, 0.15) is 46.1 Å². The van der Waals surface area contributed by atoms with Crippen LogP contribution in [0, 0.1) is 11.6 Å². The Morgan fingerprint density at radius 2 is 1.74 bits per heavy atom. The van der Waals surface area contributed by atoms with Crippen LogP contribution in [0.25, 0.3) is 5.00 Å². The number of nitrogens with one attached hydrogen (secondary N) is 1. The van der Waals surface area contributed by atoms with E-state index < -0.39 is 17.9 Å². The summed E-state index contributed by atoms with van der Waals surface area (Å²) < 4.78 is 30.3. The third kappa shape index (κ3) is 3.51. The summed E-state index contributed by atoms with van der Waals surface area (Å²) >= 11 is 1.80. The van der Waals surface area contributed by atoms with E-state index in [4.69, 9.17) is 0 Å². The molecule has 0 saturated carbocycles. The highest BCUT2D eigenvalue weighted by atomic mass is 32.1. The van der Waals surface area contributed by atoms with Crippen LogP contribution < -0.4 is 5.32 Å². The number of benzene rings is 2. The van der Waals surface area contributed by atoms with E-state index in [0.717, 1.165) is 41.1 Å². The van der Waals surface area contributed by atoms with Crippen LogP contribution in [-0.4, -0.2) is 15.5 Å². The van der Waals surface area contributed by atoms with Crippen molar-refractivity contribution in [3.05, 3.63) is 106 Å². The molecule has 1 aliphatic carbocycles. The molecule has 0 saturated heterocycles. The van der Waals surface area contributed by atoms with Gasteiger partial charge in [-0.25, -0.2) is 13.6 Å². The second kappa shape index (κ2) is 8.40. The molecule has 0 spiro atoms. The van der Waals surface area contributed by atoms with Crippen LogP contribution in [0.4, 0.5) is 19.3 Å². The Morgan fingerprint density at radius 1 is 0.941 bits per heavy atom. The maximum absolute atomic E-state index is 14.4. The number of nitrogens with zero attached hydrogens (tertiary/aromatic N) is 2. The number of amides is 2. The monoisotopic (exact) mass is 475 g/mol. The lowest BCUT2D eigenvalue weighted by Crippen LogP contribution is -2.38. The van der Waals surface area contributed by atoms with Crippen molar-refractivity contribution in [1.29, 1.82) is 0 Å². The number of carbonyl (C=O) groups is 1. The molecule has 1 atom stereocenters. The van der Waals surface area contributed by atoms with Gasteiger partial charge in [0.1, 0.15) is 16.6 Å². The van der Waals surface area contributed by atoms with Crippen molar-refractivity contribution in [3.63, 3.8) is 0 Å². The molecule has 2 aromatic heterocycles. The Morgan fingerprint density at radius 3 is 2.56 bits per heavy atom. The van der Waals surface area contributed by atoms with Crippen LogP contribution in [-0.2, 0) is 19.4 Å². The van der Waals surface area contributed by atoms with E-state index in [0.29, 0.717) is 6.54 Å². The molecule has 0 bridgehead atoms. The number of anilines is 1. The van der Waals surface area contributed by atoms with Crippen LogP contribution in [0.3, 0.4) is 0 Å². The third-order valence-electron chi connectivity index (χ3n) is 6.74. The topological polar surface area (TPSA) is 37.3 Å². The van der Waals surface area contributed by atoms with Gasteiger partial charge in [-0.05, 0) is 73.2 Å². The maximum atomic E-state index is 14.4. The molecule has 172 valence electrons. The molecule has 3 heterocycles. The maximum Gasteiger partial charge on any atom is 0.323 e. The Bertz CT molecular complexity index is 1380. The summed E-state index contributed by atoms with van der Waals surface area (Å²) in [6, 6.07) is 15.6. The molecule has 7 heteroatoms. The normalized spacial score (nSPS) is 16.9. The second-order valence-corrected chi connectivity index (χ2v) is 9.87. The number of aryl methyl sites for hydroxylation is 1. The lowest BCUT2D eigenvalue weighted by atomic mass is 9.95. The predicted molar refractivity (Wildman–Crippen MR) is 129 cm³/mol. The van der Waals surface area contributed by atoms with Gasteiger partial charge in [0.2, 0.25) is 0 Å². The van der Waals surface area contributed by atoms with E-state index in [9.17, 15) is 13.6 Å². The van der Waals surface area contributed by atoms with Crippen LogP contribution in [0.5, 0.6) is 0 Å². The number of aromatic nitrogens is 1. The predicted octanol–water partition coefficient (Wildman–Crippen LogP) is 6.83. The first kappa shape index (κ1) is 21.1. The van der Waals surface area contributed by atoms with Crippen molar-refractivity contribution < 1.29 is 13.6 Å². The molecule has 4 nitrogen and oxygen atoms in total. The van der Waals surface area contributed by atoms with E-state index in [2.05, 4.69) is 9.88 Å². The minimum absolute atomic E-state index is 0.137. The van der Waals surface area contributed by atoms with Gasteiger partial charge in [-0.15, -0.1) is 11.3 Å². The first-order valence-corrected chi connectivity index (χ1v) is 12.3. The molecule has 34 heavy (non-hydrogen) atoms. The minimum atomic E-state index is -0.485. The van der Waals surface area contributed by atoms with Gasteiger partial charge in [0.25, 0.3) is 0 Å². The van der Waals surface area contributed by atoms with Crippen LogP contribution >= 0.6 is 11.3 Å². The summed E-state index contributed by atoms with van der Waals surface area (Å²) in [5, 5.41) is 3.92. The highest BCUT2D eigenvalue weighted by molar-refractivity contribution is 7.15. The molecular formula is C27H23F2N3OS. The summed E-state index contributed by atoms with van der Waals surface area (Å²) in [6.07, 6.45) is 6.41. The molecule has 0 radical (unpaired) electrons. The van der Waals surface area contributed by atoms with Crippen molar-refractivity contribution in [2.45, 2.75) is 38.3 Å². The fourth-order valence-corrected chi connectivity index (χ4v) is 6.54. The van der Waals surface area contributed by atoms with Crippen LogP contribution in [0.2, 0.25) is 0 Å². The number of para-hydroxylation sites is 1. The second-order valence-electron chi connectivity index (χ2n) is 8.79. The summed E-state index contributed by atoms with van der Waals surface area (Å²) in [4.78, 5) is 16.9. The van der Waals surface area contributed by atoms with Crippen molar-refractivity contribution in [1.82, 2.24) is 9.47 Å². The number of rotatable bonds is 2. The van der Waals surface area contributed by atoms with E-state index in [-0.39, 0.29) is 11.5 Å². The smallest absolute Gasteiger partial charge is 0.310 e. The zero-order valence-electron chi connectivity index (χ0n) is 18.4. The number of hydrogen-bond donors (Lipinski definition) is 1. The molecule has 2 aromatic carbocycles. The number of urea groups is 1. The Hall–Kier alpha value is -3.45. The average molecular weight is 476 g/mol. The Labute approximate surface area is 200 Å². The number of hydrogen-bond acceptors (Lipinski definition) is 2. The van der Waals surface area contributed by atoms with Gasteiger partial charge < -0.3 is 14.8 Å². The molecule has 6 rings (SSSR count). The van der Waals surface area contributed by atoms with Gasteiger partial charge in [0.15, 0.2) is 0 Å². The standard InChI is InChI=1S/C27H23F2N3OS/c28-18-13-11-17(12-14-18)25-23-9-5-15-31(23)26-20(19-6-1-4-10-24(19)34-26)16-32(25)27(33)30-22-8-3-2-7-21(22)29/h2-3,5,7-9,11-15,25H,1,4,6,10,16H2,(H,30,33). The zero-order valence-corrected chi connectivity index (χ0v) is 19.2. The van der Waals surface area contributed by atoms with Gasteiger partial charge in [0.05, 0.1) is 24.0 Å². The molecule has 0 fully saturated rings. The molecule has 4 aromatic rings. The fraction of sp³-hybridized carbons (Fsp3) is 0.222. The third-order valence-corrected chi connectivity index (χ3v) is 8.07. The Balaban J connectivity index is 1.51. The fourth-order valence-electron chi connectivity index (χ4n) is 5.13. The van der Waals surface area contributed by atoms with Gasteiger partial charge in [-0.3, -0.25) is 0 Å². The summed E-state index contributed by atoms with van der Waals surface area (Å²) in [5.74, 6) is -0.815. The summed E-state index contributed by atoms with van der Waals surface area (Å²) in [7, 11) is 0. The Kier molecular flexibility index (Phi) is 5.21. The minimum Gasteiger partial charge on any atom is -0.310 e. The van der Waals surface area contributed by atoms with Crippen molar-refractivity contribution in [2.75, 3.05) is 5.32 Å². The number of thiophene rings is 1. The molecule has 1 unspecified atom stereocenters. The molecule has 2 amide bonds. The van der Waals surface area contributed by atoms with E-state index in [1.807, 2.05) is 18.3 Å². The number of halogens is 2. The largest absolute Gasteiger partial charge is 0.323 e. The van der Waals surface area contributed by atoms with Crippen molar-refractivity contribution >= 4 is 23.1 Å². The highest BCUT2D eigenvalue weighted by Gasteiger charge is 2.36. The van der Waals surface area contributed by atoms with Crippen molar-refractivity contribution in [3.8, 4) is 5.00 Å². The quantitative estimate of drug-likeness (QED) is 0.339. The lowest BCUT2D eigenvalue weighted by Gasteiger charge is -2.31. The SMILES string of the molecule is O=C(Nc1ccccc1F)N1Cc2c(sc3c2CCCC3)-n2cccc2C1c1ccc(F)cc1. The van der Waals surface area contributed by atoms with E-state index in [1.165, 1.54) is 35.1 Å². The summed E-state index contributed by atoms with van der Waals surface area (Å²) in [6.45, 7) is 0.394. The van der Waals surface area contributed by atoms with Gasteiger partial charge >= 0.3 is 6.03 Å². The van der Waals surface area contributed by atoms with Crippen molar-refractivity contribution in [2.24, 2.45) is 0 Å². The molecule has 2 aliphatic rings. The van der Waals surface area contributed by atoms with Gasteiger partial charge in [-0.1, -0.05) is 24.3 Å². The first-order chi connectivity index (χ1) is 16.6. The number of carbonyl (C=O) groups excluding carboxylic acids is 1. The zero-order chi connectivity index (χ0) is 23.2. The van der Waals surface area contributed by atoms with Crippen LogP contribution in [0.15, 0.2) is 66.9 Å². The molecule has 1 N–H and O–H groups in total.